The number of benzene rings is 4. The smallest absolute Gasteiger partial charge is 0.317 e. The molecule has 5 aromatic heterocycles. The third-order valence-electron chi connectivity index (χ3n) is 13.6. The lowest BCUT2D eigenvalue weighted by Gasteiger charge is -2.11. The first-order valence-corrected chi connectivity index (χ1v) is 26.5. The largest absolute Gasteiger partial charge is 0.489 e. The van der Waals surface area contributed by atoms with Crippen molar-refractivity contribution >= 4 is 34.3 Å². The lowest BCUT2D eigenvalue weighted by atomic mass is 10.0. The van der Waals surface area contributed by atoms with Crippen LogP contribution in [0.5, 0.6) is 34.5 Å². The second kappa shape index (κ2) is 26.0. The zero-order valence-electron chi connectivity index (χ0n) is 45.4. The number of rotatable bonds is 16. The molecule has 18 nitrogen and oxygen atoms in total. The van der Waals surface area contributed by atoms with Gasteiger partial charge in [-0.05, 0) is 114 Å². The van der Waals surface area contributed by atoms with Crippen molar-refractivity contribution in [1.82, 2.24) is 44.4 Å². The minimum atomic E-state index is -0.787. The molecule has 0 radical (unpaired) electrons. The molecule has 416 valence electrons. The minimum Gasteiger partial charge on any atom is -0.489 e. The predicted molar refractivity (Wildman–Crippen MR) is 303 cm³/mol. The molecule has 0 aliphatic heterocycles. The van der Waals surface area contributed by atoms with Crippen LogP contribution >= 0.6 is 0 Å². The van der Waals surface area contributed by atoms with Crippen molar-refractivity contribution in [2.45, 2.75) is 90.3 Å². The summed E-state index contributed by atoms with van der Waals surface area (Å²) in [5.74, 6) is 2.13. The molecule has 5 N–H and O–H groups in total. The van der Waals surface area contributed by atoms with E-state index in [9.17, 15) is 13.6 Å². The van der Waals surface area contributed by atoms with E-state index in [0.717, 1.165) is 83.6 Å². The van der Waals surface area contributed by atoms with Crippen molar-refractivity contribution in [1.29, 1.82) is 0 Å². The molecule has 0 spiro atoms. The number of carbonyl (C=O) groups is 1. The van der Waals surface area contributed by atoms with Crippen LogP contribution in [0.15, 0.2) is 128 Å². The van der Waals surface area contributed by atoms with E-state index in [-0.39, 0.29) is 19.8 Å². The molecular formula is C61H62F2N12O6. The van der Waals surface area contributed by atoms with E-state index in [0.29, 0.717) is 74.9 Å². The van der Waals surface area contributed by atoms with E-state index >= 15 is 0 Å². The summed E-state index contributed by atoms with van der Waals surface area (Å²) in [5.41, 5.74) is 21.4. The number of aliphatic carboxylic acids is 1. The number of fused-ring (bicyclic) bond motifs is 1. The quantitative estimate of drug-likeness (QED) is 0.0766. The van der Waals surface area contributed by atoms with Crippen molar-refractivity contribution in [3.05, 3.63) is 185 Å². The number of likely N-dealkylation sites (N-methyl/N-ethyl adjacent to an activating group) is 1. The Morgan fingerprint density at radius 1 is 0.642 bits per heavy atom. The van der Waals surface area contributed by atoms with Crippen LogP contribution in [0.25, 0.3) is 27.3 Å². The van der Waals surface area contributed by atoms with Gasteiger partial charge in [-0.3, -0.25) is 19.7 Å². The van der Waals surface area contributed by atoms with Crippen LogP contribution < -0.4 is 30.4 Å². The highest BCUT2D eigenvalue weighted by atomic mass is 19.1. The molecule has 4 aromatic carbocycles. The van der Waals surface area contributed by atoms with E-state index in [1.54, 1.807) is 77.2 Å². The van der Waals surface area contributed by atoms with Gasteiger partial charge >= 0.3 is 5.97 Å². The van der Waals surface area contributed by atoms with Crippen LogP contribution in [0.3, 0.4) is 0 Å². The summed E-state index contributed by atoms with van der Waals surface area (Å²) in [7, 11) is 3.43. The third kappa shape index (κ3) is 14.6. The number of anilines is 2. The summed E-state index contributed by atoms with van der Waals surface area (Å²) in [6.07, 6.45) is 14.0. The summed E-state index contributed by atoms with van der Waals surface area (Å²) >= 11 is 0. The fourth-order valence-electron chi connectivity index (χ4n) is 9.59. The van der Waals surface area contributed by atoms with Gasteiger partial charge in [0.2, 0.25) is 0 Å². The van der Waals surface area contributed by atoms with Gasteiger partial charge in [-0.2, -0.15) is 9.78 Å². The summed E-state index contributed by atoms with van der Waals surface area (Å²) in [6.45, 7) is 12.1. The molecule has 2 fully saturated rings. The molecule has 20 heteroatoms. The Kier molecular flexibility index (Phi) is 18.0. The monoisotopic (exact) mass is 1100 g/mol. The molecule has 11 rings (SSSR count). The normalized spacial score (nSPS) is 13.3. The first kappa shape index (κ1) is 56.2. The Morgan fingerprint density at radius 2 is 1.11 bits per heavy atom. The molecule has 81 heavy (non-hydrogen) atoms. The van der Waals surface area contributed by atoms with Crippen LogP contribution in [0.1, 0.15) is 97.1 Å². The Bertz CT molecular complexity index is 3630. The number of ether oxygens (including phenoxy) is 4. The Hall–Kier alpha value is -9.48. The average molecular weight is 1100 g/mol. The maximum Gasteiger partial charge on any atom is 0.317 e. The van der Waals surface area contributed by atoms with Gasteiger partial charge in [-0.1, -0.05) is 49.5 Å². The van der Waals surface area contributed by atoms with Crippen LogP contribution in [-0.4, -0.2) is 76.1 Å². The Labute approximate surface area is 467 Å². The standard InChI is InChI=1S/C29H27FN6O2.C28H26FN5O2.C4H9NO2/c1-18-6-7-19(15-32-18)16-37-24-12-21(30)13-25(14-24)38-23-10-8-22(9-11-23)36-28-27(33-17-34-29(28)31)26(35-36)20-4-2-3-5-20;1-18-7-8-19(16-32-18)17-35-24-13-21(29)14-25(15-24)36-23-11-9-22(10-12-23)34-28(31-2)26(30)27(33-34)20-5-3-4-6-20;1-5(2)3-4(6)7/h6-15,17,20H,2-5,16H2,1H3,(H2,31,33,34);7-16,20H,3-6,17,30H2,1H3;3H2,1-2H3,(H,6,7). The maximum atomic E-state index is 14.3. The highest BCUT2D eigenvalue weighted by Gasteiger charge is 2.28. The number of carboxylic acids is 1. The SMILES string of the molecule is CN(C)CC(=O)O.Cc1ccc(COc2cc(F)cc(Oc3ccc(-n4nc(C5CCCC5)c5ncnc(N)c54)cc3)c2)cn1.[C-]#[N+]c1c(N)c(C2CCCC2)nn1-c1ccc(Oc2cc(F)cc(OCc3ccc(C)nc3)c2)cc1. The summed E-state index contributed by atoms with van der Waals surface area (Å²) < 4.78 is 55.2. The molecule has 0 unspecified atom stereocenters. The molecule has 5 heterocycles. The summed E-state index contributed by atoms with van der Waals surface area (Å²) in [5, 5.41) is 17.6. The first-order chi connectivity index (χ1) is 39.2. The van der Waals surface area contributed by atoms with Crippen LogP contribution in [0, 0.1) is 32.1 Å². The third-order valence-corrected chi connectivity index (χ3v) is 13.6. The number of aryl methyl sites for hydroxylation is 2. The van der Waals surface area contributed by atoms with Crippen molar-refractivity contribution in [2.24, 2.45) is 0 Å². The molecule has 0 amide bonds. The minimum absolute atomic E-state index is 0.111. The Balaban J connectivity index is 0.000000175. The van der Waals surface area contributed by atoms with Crippen LogP contribution in [0.2, 0.25) is 0 Å². The van der Waals surface area contributed by atoms with E-state index in [1.165, 1.54) is 43.4 Å². The van der Waals surface area contributed by atoms with E-state index in [1.807, 2.05) is 62.4 Å². The molecule has 0 atom stereocenters. The molecule has 9 aromatic rings. The van der Waals surface area contributed by atoms with Gasteiger partial charge in [0.1, 0.15) is 82.4 Å². The number of pyridine rings is 2. The van der Waals surface area contributed by atoms with Gasteiger partial charge in [0.15, 0.2) is 5.82 Å². The van der Waals surface area contributed by atoms with Gasteiger partial charge in [-0.15, -0.1) is 0 Å². The molecular weight excluding hydrogens is 1030 g/mol. The number of hydrogen-bond acceptors (Lipinski definition) is 14. The number of nitrogens with zero attached hydrogens (tertiary/aromatic N) is 10. The number of halogens is 2. The zero-order chi connectivity index (χ0) is 57.0. The molecule has 0 saturated heterocycles. The zero-order valence-corrected chi connectivity index (χ0v) is 45.4. The van der Waals surface area contributed by atoms with Gasteiger partial charge < -0.3 is 40.4 Å². The van der Waals surface area contributed by atoms with E-state index in [2.05, 4.69) is 29.9 Å². The number of carboxylic acid groups (broad SMARTS) is 1. The topological polar surface area (TPSA) is 221 Å². The highest BCUT2D eigenvalue weighted by molar-refractivity contribution is 5.88. The fourth-order valence-corrected chi connectivity index (χ4v) is 9.59. The summed E-state index contributed by atoms with van der Waals surface area (Å²) in [4.78, 5) is 32.2. The number of aromatic nitrogens is 8. The second-order valence-electron chi connectivity index (χ2n) is 20.1. The maximum absolute atomic E-state index is 14.3. The number of nitrogens with two attached hydrogens (primary N) is 2. The molecule has 2 aliphatic carbocycles. The van der Waals surface area contributed by atoms with Crippen molar-refractivity contribution in [3.8, 4) is 45.9 Å². The molecule has 2 aliphatic rings. The van der Waals surface area contributed by atoms with Gasteiger partial charge in [-0.25, -0.2) is 23.4 Å². The van der Waals surface area contributed by atoms with Crippen molar-refractivity contribution in [2.75, 3.05) is 32.1 Å². The first-order valence-electron chi connectivity index (χ1n) is 26.5. The number of nitrogen functional groups attached to an aromatic ring is 2. The predicted octanol–water partition coefficient (Wildman–Crippen LogP) is 12.8. The number of hydrogen-bond donors (Lipinski definition) is 3. The summed E-state index contributed by atoms with van der Waals surface area (Å²) in [6, 6.07) is 30.7. The highest BCUT2D eigenvalue weighted by Crippen LogP contribution is 2.42. The average Bonchev–Trinajstić information content (AvgIpc) is 4.28. The fraction of sp³-hybridized carbons (Fsp3) is 0.279. The Morgan fingerprint density at radius 3 is 1.56 bits per heavy atom. The lowest BCUT2D eigenvalue weighted by molar-refractivity contribution is -0.137. The van der Waals surface area contributed by atoms with E-state index in [4.69, 9.17) is 47.2 Å². The van der Waals surface area contributed by atoms with Gasteiger partial charge in [0, 0.05) is 83.1 Å². The van der Waals surface area contributed by atoms with Crippen LogP contribution in [0.4, 0.5) is 26.1 Å². The van der Waals surface area contributed by atoms with Crippen molar-refractivity contribution < 1.29 is 37.6 Å². The molecule has 0 bridgehead atoms. The van der Waals surface area contributed by atoms with Gasteiger partial charge in [0.25, 0.3) is 5.82 Å². The second-order valence-corrected chi connectivity index (χ2v) is 20.1. The van der Waals surface area contributed by atoms with Crippen LogP contribution in [-0.2, 0) is 18.0 Å². The molecule has 2 saturated carbocycles. The van der Waals surface area contributed by atoms with E-state index < -0.39 is 17.6 Å². The van der Waals surface area contributed by atoms with Crippen molar-refractivity contribution in [3.63, 3.8) is 0 Å². The lowest BCUT2D eigenvalue weighted by Crippen LogP contribution is -2.20. The van der Waals surface area contributed by atoms with Gasteiger partial charge in [0.05, 0.1) is 29.3 Å².